The lowest BCUT2D eigenvalue weighted by molar-refractivity contribution is 0.00658. The first kappa shape index (κ1) is 11.3. The van der Waals surface area contributed by atoms with Gasteiger partial charge in [-0.15, -0.1) is 0 Å². The van der Waals surface area contributed by atoms with E-state index < -0.39 is 0 Å². The molecule has 2 aliphatic carbocycles. The second kappa shape index (κ2) is 3.97. The first-order valence-corrected chi connectivity index (χ1v) is 7.06. The molecule has 2 N–H and O–H groups in total. The van der Waals surface area contributed by atoms with Crippen LogP contribution < -0.4 is 5.73 Å². The van der Waals surface area contributed by atoms with Crippen molar-refractivity contribution in [3.05, 3.63) is 24.0 Å². The summed E-state index contributed by atoms with van der Waals surface area (Å²) in [4.78, 5) is 4.83. The predicted molar refractivity (Wildman–Crippen MR) is 75.2 cm³/mol. The van der Waals surface area contributed by atoms with E-state index in [2.05, 4.69) is 10.6 Å². The lowest BCUT2D eigenvalue weighted by Gasteiger charge is -2.36. The number of benzene rings is 1. The molecule has 0 bridgehead atoms. The summed E-state index contributed by atoms with van der Waals surface area (Å²) in [7, 11) is 1.80. The predicted octanol–water partition coefficient (Wildman–Crippen LogP) is 2.85. The maximum absolute atomic E-state index is 5.87. The van der Waals surface area contributed by atoms with Gasteiger partial charge >= 0.3 is 0 Å². The molecular formula is C15H19N3O. The molecule has 1 aromatic heterocycles. The molecule has 19 heavy (non-hydrogen) atoms. The number of rotatable bonds is 3. The van der Waals surface area contributed by atoms with Crippen molar-refractivity contribution in [3.8, 4) is 0 Å². The van der Waals surface area contributed by atoms with Crippen LogP contribution in [0.1, 0.15) is 43.5 Å². The van der Waals surface area contributed by atoms with Crippen molar-refractivity contribution >= 4 is 16.7 Å². The Morgan fingerprint density at radius 3 is 2.79 bits per heavy atom. The van der Waals surface area contributed by atoms with Crippen LogP contribution in [-0.4, -0.2) is 22.8 Å². The Hall–Kier alpha value is -1.55. The quantitative estimate of drug-likeness (QED) is 0.860. The lowest BCUT2D eigenvalue weighted by atomic mass is 9.88. The highest BCUT2D eigenvalue weighted by molar-refractivity contribution is 5.80. The largest absolute Gasteiger partial charge is 0.399 e. The van der Waals surface area contributed by atoms with Crippen molar-refractivity contribution in [1.29, 1.82) is 0 Å². The molecule has 100 valence electrons. The number of hydrogen-bond acceptors (Lipinski definition) is 3. The number of nitrogens with two attached hydrogens (primary N) is 1. The second-order valence-corrected chi connectivity index (χ2v) is 5.85. The van der Waals surface area contributed by atoms with Gasteiger partial charge in [-0.25, -0.2) is 4.98 Å². The van der Waals surface area contributed by atoms with Gasteiger partial charge in [-0.1, -0.05) is 0 Å². The van der Waals surface area contributed by atoms with Gasteiger partial charge in [-0.2, -0.15) is 0 Å². The van der Waals surface area contributed by atoms with Crippen LogP contribution in [0.5, 0.6) is 0 Å². The third kappa shape index (κ3) is 1.74. The summed E-state index contributed by atoms with van der Waals surface area (Å²) < 4.78 is 7.85. The summed E-state index contributed by atoms with van der Waals surface area (Å²) in [6.45, 7) is 0. The number of fused-ring (bicyclic) bond motifs is 1. The molecule has 0 aliphatic heterocycles. The maximum Gasteiger partial charge on any atom is 0.113 e. The van der Waals surface area contributed by atoms with Crippen LogP contribution in [0.2, 0.25) is 0 Å². The fourth-order valence-corrected chi connectivity index (χ4v) is 3.09. The van der Waals surface area contributed by atoms with E-state index in [4.69, 9.17) is 15.5 Å². The van der Waals surface area contributed by atoms with E-state index >= 15 is 0 Å². The Labute approximate surface area is 112 Å². The van der Waals surface area contributed by atoms with Crippen LogP contribution in [0, 0.1) is 0 Å². The average Bonchev–Trinajstić information content (AvgIpc) is 3.11. The first-order chi connectivity index (χ1) is 9.26. The number of nitrogen functional groups attached to an aromatic ring is 1. The maximum atomic E-state index is 5.87. The van der Waals surface area contributed by atoms with E-state index in [1.54, 1.807) is 7.11 Å². The molecule has 0 radical (unpaired) electrons. The smallest absolute Gasteiger partial charge is 0.113 e. The normalized spacial score (nSPS) is 26.6. The monoisotopic (exact) mass is 257 g/mol. The molecular weight excluding hydrogens is 238 g/mol. The van der Waals surface area contributed by atoms with Crippen LogP contribution >= 0.6 is 0 Å². The molecule has 0 atom stereocenters. The van der Waals surface area contributed by atoms with E-state index in [0.29, 0.717) is 18.1 Å². The Kier molecular flexibility index (Phi) is 2.36. The van der Waals surface area contributed by atoms with E-state index in [-0.39, 0.29) is 0 Å². The fraction of sp³-hybridized carbons (Fsp3) is 0.533. The molecule has 4 rings (SSSR count). The second-order valence-electron chi connectivity index (χ2n) is 5.85. The SMILES string of the molecule is COC1CC(n2c(C3CC3)nc3cc(N)ccc32)C1. The Morgan fingerprint density at radius 1 is 1.32 bits per heavy atom. The van der Waals surface area contributed by atoms with E-state index in [9.17, 15) is 0 Å². The summed E-state index contributed by atoms with van der Waals surface area (Å²) in [6, 6.07) is 6.63. The third-order valence-electron chi connectivity index (χ3n) is 4.45. The summed E-state index contributed by atoms with van der Waals surface area (Å²) in [5.74, 6) is 1.93. The topological polar surface area (TPSA) is 53.1 Å². The van der Waals surface area contributed by atoms with E-state index in [1.807, 2.05) is 12.1 Å². The minimum atomic E-state index is 0.420. The third-order valence-corrected chi connectivity index (χ3v) is 4.45. The number of anilines is 1. The lowest BCUT2D eigenvalue weighted by Crippen LogP contribution is -2.33. The Balaban J connectivity index is 1.80. The molecule has 0 saturated heterocycles. The van der Waals surface area contributed by atoms with Crippen molar-refractivity contribution in [1.82, 2.24) is 9.55 Å². The van der Waals surface area contributed by atoms with Gasteiger partial charge in [0.25, 0.3) is 0 Å². The highest BCUT2D eigenvalue weighted by atomic mass is 16.5. The number of aromatic nitrogens is 2. The van der Waals surface area contributed by atoms with Gasteiger partial charge in [0.2, 0.25) is 0 Å². The molecule has 2 saturated carbocycles. The molecule has 4 heteroatoms. The number of methoxy groups -OCH3 is 1. The molecule has 0 amide bonds. The summed E-state index contributed by atoms with van der Waals surface area (Å²) in [5.41, 5.74) is 8.94. The molecule has 0 unspecified atom stereocenters. The molecule has 2 aliphatic rings. The average molecular weight is 257 g/mol. The minimum absolute atomic E-state index is 0.420. The van der Waals surface area contributed by atoms with Crippen molar-refractivity contribution in [2.75, 3.05) is 12.8 Å². The van der Waals surface area contributed by atoms with Crippen LogP contribution in [0.4, 0.5) is 5.69 Å². The highest BCUT2D eigenvalue weighted by Crippen LogP contribution is 2.45. The van der Waals surface area contributed by atoms with E-state index in [0.717, 1.165) is 24.0 Å². The molecule has 1 aromatic carbocycles. The van der Waals surface area contributed by atoms with Crippen LogP contribution in [0.15, 0.2) is 18.2 Å². The molecule has 4 nitrogen and oxygen atoms in total. The number of nitrogens with zero attached hydrogens (tertiary/aromatic N) is 2. The zero-order valence-corrected chi connectivity index (χ0v) is 11.2. The minimum Gasteiger partial charge on any atom is -0.399 e. The van der Waals surface area contributed by atoms with Gasteiger partial charge < -0.3 is 15.0 Å². The van der Waals surface area contributed by atoms with Crippen LogP contribution in [0.3, 0.4) is 0 Å². The van der Waals surface area contributed by atoms with Gasteiger partial charge in [0.05, 0.1) is 17.1 Å². The number of imidazole rings is 1. The van der Waals surface area contributed by atoms with Crippen molar-refractivity contribution in [3.63, 3.8) is 0 Å². The fourth-order valence-electron chi connectivity index (χ4n) is 3.09. The van der Waals surface area contributed by atoms with Crippen LogP contribution in [-0.2, 0) is 4.74 Å². The summed E-state index contributed by atoms with van der Waals surface area (Å²) in [6.07, 6.45) is 5.18. The van der Waals surface area contributed by atoms with Gasteiger partial charge in [0, 0.05) is 24.8 Å². The highest BCUT2D eigenvalue weighted by Gasteiger charge is 2.37. The zero-order chi connectivity index (χ0) is 13.0. The van der Waals surface area contributed by atoms with Crippen molar-refractivity contribution < 1.29 is 4.74 Å². The molecule has 0 spiro atoms. The number of ether oxygens (including phenoxy) is 1. The van der Waals surface area contributed by atoms with E-state index in [1.165, 1.54) is 24.2 Å². The summed E-state index contributed by atoms with van der Waals surface area (Å²) >= 11 is 0. The van der Waals surface area contributed by atoms with Gasteiger partial charge in [0.15, 0.2) is 0 Å². The Morgan fingerprint density at radius 2 is 2.11 bits per heavy atom. The van der Waals surface area contributed by atoms with Crippen molar-refractivity contribution in [2.24, 2.45) is 0 Å². The molecule has 1 heterocycles. The Bertz CT molecular complexity index is 624. The zero-order valence-electron chi connectivity index (χ0n) is 11.2. The molecule has 2 aromatic rings. The first-order valence-electron chi connectivity index (χ1n) is 7.06. The van der Waals surface area contributed by atoms with Crippen LogP contribution in [0.25, 0.3) is 11.0 Å². The van der Waals surface area contributed by atoms with Crippen molar-refractivity contribution in [2.45, 2.75) is 43.7 Å². The molecule has 2 fully saturated rings. The standard InChI is InChI=1S/C15H19N3O/c1-19-12-7-11(8-12)18-14-5-4-10(16)6-13(14)17-15(18)9-2-3-9/h4-6,9,11-12H,2-3,7-8,16H2,1H3. The summed E-state index contributed by atoms with van der Waals surface area (Å²) in [5, 5.41) is 0. The van der Waals surface area contributed by atoms with Gasteiger partial charge in [0.1, 0.15) is 5.82 Å². The number of hydrogen-bond donors (Lipinski definition) is 1. The van der Waals surface area contributed by atoms with Gasteiger partial charge in [-0.3, -0.25) is 0 Å². The van der Waals surface area contributed by atoms with Gasteiger partial charge in [-0.05, 0) is 43.9 Å².